The first kappa shape index (κ1) is 20.6. The normalized spacial score (nSPS) is 16.8. The first-order valence-electron chi connectivity index (χ1n) is 9.54. The zero-order valence-corrected chi connectivity index (χ0v) is 17.8. The molecule has 0 aliphatic heterocycles. The van der Waals surface area contributed by atoms with E-state index in [-0.39, 0.29) is 12.7 Å². The Morgan fingerprint density at radius 1 is 1.32 bits per heavy atom. The van der Waals surface area contributed by atoms with E-state index in [9.17, 15) is 4.79 Å². The van der Waals surface area contributed by atoms with Crippen molar-refractivity contribution in [2.75, 3.05) is 19.2 Å². The van der Waals surface area contributed by atoms with Gasteiger partial charge in [0.1, 0.15) is 5.75 Å². The Balaban J connectivity index is 1.57. The summed E-state index contributed by atoms with van der Waals surface area (Å²) in [5.41, 5.74) is 2.38. The van der Waals surface area contributed by atoms with Crippen LogP contribution in [0.4, 0.5) is 5.13 Å². The van der Waals surface area contributed by atoms with Gasteiger partial charge in [-0.1, -0.05) is 32.9 Å². The summed E-state index contributed by atoms with van der Waals surface area (Å²) in [5, 5.41) is 3.59. The molecule has 0 saturated carbocycles. The summed E-state index contributed by atoms with van der Waals surface area (Å²) < 4.78 is 10.2. The SMILES string of the molecule is COCOc1ccc(/C=C/C(=O)Nc2nc3c(s2)CC(C(C)(C)C)CC3)cc1. The fourth-order valence-corrected chi connectivity index (χ4v) is 4.38. The number of carbonyl (C=O) groups is 1. The molecular weight excluding hydrogens is 372 g/mol. The van der Waals surface area contributed by atoms with Gasteiger partial charge in [-0.3, -0.25) is 10.1 Å². The summed E-state index contributed by atoms with van der Waals surface area (Å²) in [4.78, 5) is 18.2. The number of carbonyl (C=O) groups excluding carboxylic acids is 1. The highest BCUT2D eigenvalue weighted by molar-refractivity contribution is 7.15. The molecule has 5 nitrogen and oxygen atoms in total. The molecule has 1 N–H and O–H groups in total. The quantitative estimate of drug-likeness (QED) is 0.552. The number of anilines is 1. The third-order valence-electron chi connectivity index (χ3n) is 5.05. The van der Waals surface area contributed by atoms with Crippen LogP contribution in [0.1, 0.15) is 43.3 Å². The minimum atomic E-state index is -0.168. The second-order valence-corrected chi connectivity index (χ2v) is 9.22. The number of amides is 1. The predicted molar refractivity (Wildman–Crippen MR) is 114 cm³/mol. The third-order valence-corrected chi connectivity index (χ3v) is 6.08. The van der Waals surface area contributed by atoms with Crippen LogP contribution < -0.4 is 10.1 Å². The lowest BCUT2D eigenvalue weighted by molar-refractivity contribution is -0.111. The first-order valence-corrected chi connectivity index (χ1v) is 10.4. The van der Waals surface area contributed by atoms with Crippen molar-refractivity contribution in [3.8, 4) is 5.75 Å². The predicted octanol–water partition coefficient (Wildman–Crippen LogP) is 4.93. The Hall–Kier alpha value is -2.18. The van der Waals surface area contributed by atoms with E-state index in [0.29, 0.717) is 16.5 Å². The number of benzene rings is 1. The smallest absolute Gasteiger partial charge is 0.250 e. The van der Waals surface area contributed by atoms with Gasteiger partial charge in [-0.2, -0.15) is 0 Å². The highest BCUT2D eigenvalue weighted by Crippen LogP contribution is 2.40. The molecule has 1 unspecified atom stereocenters. The molecule has 1 aromatic heterocycles. The summed E-state index contributed by atoms with van der Waals surface area (Å²) in [6.45, 7) is 7.11. The number of methoxy groups -OCH3 is 1. The zero-order valence-electron chi connectivity index (χ0n) is 17.0. The number of nitrogens with one attached hydrogen (secondary N) is 1. The number of hydrogen-bond acceptors (Lipinski definition) is 5. The molecule has 3 rings (SSSR count). The largest absolute Gasteiger partial charge is 0.468 e. The van der Waals surface area contributed by atoms with Gasteiger partial charge >= 0.3 is 0 Å². The first-order chi connectivity index (χ1) is 13.3. The average molecular weight is 401 g/mol. The van der Waals surface area contributed by atoms with Crippen molar-refractivity contribution in [3.05, 3.63) is 46.5 Å². The Kier molecular flexibility index (Phi) is 6.52. The van der Waals surface area contributed by atoms with Crippen molar-refractivity contribution in [1.29, 1.82) is 0 Å². The number of ether oxygens (including phenoxy) is 2. The lowest BCUT2D eigenvalue weighted by Crippen LogP contribution is -2.26. The van der Waals surface area contributed by atoms with Crippen molar-refractivity contribution in [2.24, 2.45) is 11.3 Å². The molecule has 1 aromatic carbocycles. The van der Waals surface area contributed by atoms with Crippen LogP contribution in [0.3, 0.4) is 0 Å². The van der Waals surface area contributed by atoms with Crippen molar-refractivity contribution < 1.29 is 14.3 Å². The molecule has 2 aromatic rings. The minimum absolute atomic E-state index is 0.168. The third kappa shape index (κ3) is 5.42. The monoisotopic (exact) mass is 400 g/mol. The summed E-state index contributed by atoms with van der Waals surface area (Å²) in [6.07, 6.45) is 6.52. The van der Waals surface area contributed by atoms with Crippen LogP contribution in [0.5, 0.6) is 5.75 Å². The van der Waals surface area contributed by atoms with Crippen LogP contribution in [0.25, 0.3) is 6.08 Å². The van der Waals surface area contributed by atoms with Crippen molar-refractivity contribution in [2.45, 2.75) is 40.0 Å². The number of rotatable bonds is 6. The second-order valence-electron chi connectivity index (χ2n) is 8.14. The highest BCUT2D eigenvalue weighted by atomic mass is 32.1. The number of hydrogen-bond donors (Lipinski definition) is 1. The number of aromatic nitrogens is 1. The van der Waals surface area contributed by atoms with E-state index >= 15 is 0 Å². The van der Waals surface area contributed by atoms with Gasteiger partial charge in [0.05, 0.1) is 5.69 Å². The average Bonchev–Trinajstić information content (AvgIpc) is 3.06. The van der Waals surface area contributed by atoms with E-state index in [1.165, 1.54) is 11.0 Å². The molecule has 6 heteroatoms. The lowest BCUT2D eigenvalue weighted by atomic mass is 9.73. The molecule has 0 spiro atoms. The molecule has 0 radical (unpaired) electrons. The van der Waals surface area contributed by atoms with Gasteiger partial charge in [0.15, 0.2) is 11.9 Å². The van der Waals surface area contributed by atoms with Gasteiger partial charge < -0.3 is 9.47 Å². The number of thiazole rings is 1. The van der Waals surface area contributed by atoms with Crippen molar-refractivity contribution in [3.63, 3.8) is 0 Å². The maximum absolute atomic E-state index is 12.3. The van der Waals surface area contributed by atoms with Gasteiger partial charge in [0, 0.05) is 18.1 Å². The molecule has 1 heterocycles. The standard InChI is InChI=1S/C22H28N2O3S/c1-22(2,3)16-8-11-18-19(13-16)28-21(23-18)24-20(25)12-7-15-5-9-17(10-6-15)27-14-26-4/h5-7,9-10,12,16H,8,11,13-14H2,1-4H3,(H,23,24,25)/b12-7+. The van der Waals surface area contributed by atoms with Crippen LogP contribution in [0.2, 0.25) is 0 Å². The highest BCUT2D eigenvalue weighted by Gasteiger charge is 2.30. The Morgan fingerprint density at radius 3 is 2.75 bits per heavy atom. The van der Waals surface area contributed by atoms with Gasteiger partial charge in [-0.05, 0) is 54.4 Å². The molecule has 1 aliphatic rings. The number of aryl methyl sites for hydroxylation is 1. The number of nitrogens with zero attached hydrogens (tertiary/aromatic N) is 1. The molecule has 150 valence electrons. The molecule has 1 aliphatic carbocycles. The topological polar surface area (TPSA) is 60.5 Å². The summed E-state index contributed by atoms with van der Waals surface area (Å²) in [5.74, 6) is 1.23. The van der Waals surface area contributed by atoms with E-state index in [1.54, 1.807) is 24.5 Å². The van der Waals surface area contributed by atoms with E-state index in [1.807, 2.05) is 24.3 Å². The molecule has 1 amide bonds. The summed E-state index contributed by atoms with van der Waals surface area (Å²) in [6, 6.07) is 7.47. The fourth-order valence-electron chi connectivity index (χ4n) is 3.29. The van der Waals surface area contributed by atoms with Crippen LogP contribution in [-0.4, -0.2) is 24.8 Å². The van der Waals surface area contributed by atoms with Gasteiger partial charge in [-0.15, -0.1) is 11.3 Å². The van der Waals surface area contributed by atoms with Crippen molar-refractivity contribution >= 4 is 28.5 Å². The van der Waals surface area contributed by atoms with E-state index in [0.717, 1.165) is 36.3 Å². The van der Waals surface area contributed by atoms with Gasteiger partial charge in [-0.25, -0.2) is 4.98 Å². The van der Waals surface area contributed by atoms with Crippen LogP contribution >= 0.6 is 11.3 Å². The Morgan fingerprint density at radius 2 is 2.07 bits per heavy atom. The lowest BCUT2D eigenvalue weighted by Gasteiger charge is -2.33. The summed E-state index contributed by atoms with van der Waals surface area (Å²) in [7, 11) is 1.58. The van der Waals surface area contributed by atoms with E-state index in [4.69, 9.17) is 9.47 Å². The minimum Gasteiger partial charge on any atom is -0.468 e. The van der Waals surface area contributed by atoms with Gasteiger partial charge in [0.25, 0.3) is 0 Å². The van der Waals surface area contributed by atoms with E-state index < -0.39 is 0 Å². The molecule has 0 bridgehead atoms. The number of fused-ring (bicyclic) bond motifs is 1. The van der Waals surface area contributed by atoms with E-state index in [2.05, 4.69) is 31.1 Å². The van der Waals surface area contributed by atoms with Crippen LogP contribution in [0.15, 0.2) is 30.3 Å². The zero-order chi connectivity index (χ0) is 20.1. The Labute approximate surface area is 170 Å². The molecule has 28 heavy (non-hydrogen) atoms. The Bertz CT molecular complexity index is 834. The van der Waals surface area contributed by atoms with Gasteiger partial charge in [0.2, 0.25) is 5.91 Å². The molecule has 0 fully saturated rings. The van der Waals surface area contributed by atoms with Crippen LogP contribution in [-0.2, 0) is 22.4 Å². The maximum Gasteiger partial charge on any atom is 0.250 e. The van der Waals surface area contributed by atoms with Crippen molar-refractivity contribution in [1.82, 2.24) is 4.98 Å². The van der Waals surface area contributed by atoms with Crippen LogP contribution in [0, 0.1) is 11.3 Å². The molecular formula is C22H28N2O3S. The molecule has 1 atom stereocenters. The molecule has 0 saturated heterocycles. The fraction of sp³-hybridized carbons (Fsp3) is 0.455. The summed E-state index contributed by atoms with van der Waals surface area (Å²) >= 11 is 1.61. The maximum atomic E-state index is 12.3. The second kappa shape index (κ2) is 8.88.